The van der Waals surface area contributed by atoms with E-state index in [1.807, 2.05) is 0 Å². The minimum absolute atomic E-state index is 0.990. The Bertz CT molecular complexity index is 289. The van der Waals surface area contributed by atoms with Crippen LogP contribution in [0.15, 0.2) is 30.3 Å². The van der Waals surface area contributed by atoms with Gasteiger partial charge in [0.05, 0.1) is 21.1 Å². The van der Waals surface area contributed by atoms with E-state index in [-0.39, 0.29) is 0 Å². The zero-order chi connectivity index (χ0) is 11.9. The average molecular weight is 229 g/mol. The predicted molar refractivity (Wildman–Crippen MR) is 63.0 cm³/mol. The van der Waals surface area contributed by atoms with Crippen LogP contribution in [0.5, 0.6) is 0 Å². The highest BCUT2D eigenvalue weighted by Crippen LogP contribution is 2.05. The highest BCUT2D eigenvalue weighted by molar-refractivity contribution is 7.78. The normalized spacial score (nSPS) is 12.6. The molecule has 0 bridgehead atoms. The Balaban J connectivity index is 0.000000423. The van der Waals surface area contributed by atoms with E-state index >= 15 is 0 Å². The molecule has 3 nitrogen and oxygen atoms in total. The second kappa shape index (κ2) is 6.71. The van der Waals surface area contributed by atoms with Crippen molar-refractivity contribution < 1.29 is 13.2 Å². The van der Waals surface area contributed by atoms with Crippen molar-refractivity contribution in [1.82, 2.24) is 0 Å². The molecule has 86 valence electrons. The lowest BCUT2D eigenvalue weighted by atomic mass is 10.2. The molecular formula is C11H19NO2S. The number of hydrogen-bond acceptors (Lipinski definition) is 2. The Labute approximate surface area is 94.6 Å². The van der Waals surface area contributed by atoms with Crippen LogP contribution in [-0.2, 0) is 17.6 Å². The van der Waals surface area contributed by atoms with E-state index in [9.17, 15) is 0 Å². The molecule has 15 heavy (non-hydrogen) atoms. The Morgan fingerprint density at radius 3 is 1.93 bits per heavy atom. The summed E-state index contributed by atoms with van der Waals surface area (Å²) in [6.45, 7) is 1.10. The lowest BCUT2D eigenvalue weighted by Crippen LogP contribution is -2.33. The van der Waals surface area contributed by atoms with Crippen LogP contribution in [0.25, 0.3) is 0 Å². The van der Waals surface area contributed by atoms with Gasteiger partial charge in [-0.1, -0.05) is 41.4 Å². The first-order valence-electron chi connectivity index (χ1n) is 4.66. The van der Waals surface area contributed by atoms with Gasteiger partial charge in [-0.25, -0.2) is 0 Å². The van der Waals surface area contributed by atoms with Crippen LogP contribution in [0, 0.1) is 0 Å². The summed E-state index contributed by atoms with van der Waals surface area (Å²) in [5.41, 5.74) is 1.40. The first kappa shape index (κ1) is 14.3. The number of benzene rings is 1. The number of nitrogens with zero attached hydrogens (tertiary/aromatic N) is 1. The van der Waals surface area contributed by atoms with Crippen LogP contribution in [0.1, 0.15) is 5.56 Å². The lowest BCUT2D eigenvalue weighted by molar-refractivity contribution is -0.884. The molecule has 0 aliphatic rings. The second-order valence-corrected chi connectivity index (χ2v) is 5.14. The molecule has 0 saturated carbocycles. The summed E-state index contributed by atoms with van der Waals surface area (Å²) in [5.74, 6) is 0. The largest absolute Gasteiger partial charge is 0.773 e. The molecule has 0 aliphatic carbocycles. The van der Waals surface area contributed by atoms with Crippen molar-refractivity contribution in [3.63, 3.8) is 0 Å². The second-order valence-electron chi connectivity index (χ2n) is 4.34. The van der Waals surface area contributed by atoms with Crippen molar-refractivity contribution in [1.29, 1.82) is 0 Å². The maximum absolute atomic E-state index is 9.00. The SMILES string of the molecule is CS(=O)[O-].C[N+](C)(C)Cc1ccccc1. The Hall–Kier alpha value is -0.710. The third-order valence-corrected chi connectivity index (χ3v) is 1.50. The van der Waals surface area contributed by atoms with E-state index in [2.05, 4.69) is 51.5 Å². The fraction of sp³-hybridized carbons (Fsp3) is 0.455. The van der Waals surface area contributed by atoms with Gasteiger partial charge in [0.25, 0.3) is 0 Å². The average Bonchev–Trinajstić information content (AvgIpc) is 2.01. The van der Waals surface area contributed by atoms with E-state index in [1.165, 1.54) is 5.56 Å². The van der Waals surface area contributed by atoms with Crippen LogP contribution in [0.2, 0.25) is 0 Å². The molecule has 1 aromatic rings. The summed E-state index contributed by atoms with van der Waals surface area (Å²) in [4.78, 5) is 0. The first-order chi connectivity index (χ1) is 6.81. The van der Waals surface area contributed by atoms with Gasteiger partial charge in [0, 0.05) is 5.56 Å². The van der Waals surface area contributed by atoms with Gasteiger partial charge in [-0.05, 0) is 6.26 Å². The van der Waals surface area contributed by atoms with Gasteiger partial charge >= 0.3 is 0 Å². The Morgan fingerprint density at radius 1 is 1.20 bits per heavy atom. The van der Waals surface area contributed by atoms with Gasteiger partial charge < -0.3 is 9.04 Å². The van der Waals surface area contributed by atoms with E-state index < -0.39 is 11.1 Å². The third kappa shape index (κ3) is 11.2. The standard InChI is InChI=1S/C10H16N.CH4O2S/c1-11(2,3)9-10-7-5-4-6-8-10;1-4(2)3/h4-8H,9H2,1-3H3;1H3,(H,2,3)/q+1;/p-1. The summed E-state index contributed by atoms with van der Waals surface area (Å²) in [6.07, 6.45) is 1.08. The van der Waals surface area contributed by atoms with E-state index in [4.69, 9.17) is 8.76 Å². The van der Waals surface area contributed by atoms with Gasteiger partial charge in [0.1, 0.15) is 6.54 Å². The molecule has 1 rings (SSSR count). The summed E-state index contributed by atoms with van der Waals surface area (Å²) in [7, 11) is 6.60. The van der Waals surface area contributed by atoms with Crippen molar-refractivity contribution in [3.8, 4) is 0 Å². The zero-order valence-electron chi connectivity index (χ0n) is 9.77. The highest BCUT2D eigenvalue weighted by Gasteiger charge is 2.06. The van der Waals surface area contributed by atoms with Gasteiger partial charge in [-0.3, -0.25) is 4.21 Å². The summed E-state index contributed by atoms with van der Waals surface area (Å²) < 4.78 is 19.0. The minimum Gasteiger partial charge on any atom is -0.773 e. The zero-order valence-corrected chi connectivity index (χ0v) is 10.6. The third-order valence-electron chi connectivity index (χ3n) is 1.50. The van der Waals surface area contributed by atoms with Gasteiger partial charge in [-0.2, -0.15) is 0 Å². The molecule has 1 atom stereocenters. The summed E-state index contributed by atoms with van der Waals surface area (Å²) in [5, 5.41) is 0. The fourth-order valence-corrected chi connectivity index (χ4v) is 1.13. The predicted octanol–water partition coefficient (Wildman–Crippen LogP) is 1.39. The van der Waals surface area contributed by atoms with Crippen LogP contribution in [0.3, 0.4) is 0 Å². The molecule has 0 saturated heterocycles. The molecule has 1 unspecified atom stereocenters. The maximum Gasteiger partial charge on any atom is 0.104 e. The summed E-state index contributed by atoms with van der Waals surface area (Å²) >= 11 is -1.86. The molecule has 0 aliphatic heterocycles. The van der Waals surface area contributed by atoms with Gasteiger partial charge in [-0.15, -0.1) is 0 Å². The molecule has 0 spiro atoms. The number of hydrogen-bond donors (Lipinski definition) is 0. The molecule has 0 heterocycles. The Kier molecular flexibility index (Phi) is 6.40. The van der Waals surface area contributed by atoms with Crippen molar-refractivity contribution >= 4 is 11.1 Å². The summed E-state index contributed by atoms with van der Waals surface area (Å²) in [6, 6.07) is 10.6. The van der Waals surface area contributed by atoms with Crippen LogP contribution >= 0.6 is 0 Å². The van der Waals surface area contributed by atoms with Crippen molar-refractivity contribution in [2.45, 2.75) is 6.54 Å². The molecule has 1 aromatic carbocycles. The van der Waals surface area contributed by atoms with Crippen molar-refractivity contribution in [2.75, 3.05) is 27.4 Å². The van der Waals surface area contributed by atoms with Crippen LogP contribution in [-0.4, -0.2) is 40.6 Å². The fourth-order valence-electron chi connectivity index (χ4n) is 1.13. The van der Waals surface area contributed by atoms with Crippen LogP contribution in [0.4, 0.5) is 0 Å². The molecule has 0 N–H and O–H groups in total. The highest BCUT2D eigenvalue weighted by atomic mass is 32.2. The monoisotopic (exact) mass is 229 g/mol. The van der Waals surface area contributed by atoms with Gasteiger partial charge in [0.2, 0.25) is 0 Å². The molecular weight excluding hydrogens is 210 g/mol. The van der Waals surface area contributed by atoms with Crippen molar-refractivity contribution in [2.24, 2.45) is 0 Å². The smallest absolute Gasteiger partial charge is 0.104 e. The van der Waals surface area contributed by atoms with Gasteiger partial charge in [0.15, 0.2) is 0 Å². The Morgan fingerprint density at radius 2 is 1.60 bits per heavy atom. The molecule has 0 fully saturated rings. The minimum atomic E-state index is -1.86. The first-order valence-corrected chi connectivity index (χ1v) is 6.15. The molecule has 0 aromatic heterocycles. The molecule has 0 radical (unpaired) electrons. The van der Waals surface area contributed by atoms with E-state index in [1.54, 1.807) is 0 Å². The molecule has 0 amide bonds. The van der Waals surface area contributed by atoms with Crippen LogP contribution < -0.4 is 0 Å². The number of quaternary nitrogens is 1. The van der Waals surface area contributed by atoms with Crippen molar-refractivity contribution in [3.05, 3.63) is 35.9 Å². The van der Waals surface area contributed by atoms with E-state index in [0.717, 1.165) is 17.3 Å². The molecule has 4 heteroatoms. The number of rotatable bonds is 2. The lowest BCUT2D eigenvalue weighted by Gasteiger charge is -2.23. The topological polar surface area (TPSA) is 40.1 Å². The maximum atomic E-state index is 9.00. The van der Waals surface area contributed by atoms with E-state index in [0.29, 0.717) is 0 Å². The quantitative estimate of drug-likeness (QED) is 0.568.